The molecule has 0 bridgehead atoms. The molecule has 1 aromatic heterocycles. The van der Waals surface area contributed by atoms with Gasteiger partial charge in [0, 0.05) is 18.3 Å². The van der Waals surface area contributed by atoms with Crippen molar-refractivity contribution in [1.82, 2.24) is 9.29 Å². The highest BCUT2D eigenvalue weighted by Crippen LogP contribution is 2.26. The number of H-pyrrole nitrogens is 1. The second kappa shape index (κ2) is 10.1. The number of nitrogens with one attached hydrogen (secondary N) is 1. The number of aromatic nitrogens is 1. The summed E-state index contributed by atoms with van der Waals surface area (Å²) in [4.78, 5) is 40.4. The van der Waals surface area contributed by atoms with E-state index in [0.29, 0.717) is 17.8 Å². The lowest BCUT2D eigenvalue weighted by atomic mass is 10.1. The number of carbonyl (C=O) groups excluding carboxylic acids is 3. The number of Topliss-reactive ketones (excluding diaryl/α,β-unsaturated/α-hetero) is 1. The fourth-order valence-corrected chi connectivity index (χ4v) is 5.92. The lowest BCUT2D eigenvalue weighted by Crippen LogP contribution is -2.41. The molecule has 2 unspecified atom stereocenters. The number of sulfonamides is 1. The van der Waals surface area contributed by atoms with Gasteiger partial charge in [-0.3, -0.25) is 4.79 Å². The van der Waals surface area contributed by atoms with Gasteiger partial charge in [0.15, 0.2) is 6.10 Å². The van der Waals surface area contributed by atoms with E-state index in [1.165, 1.54) is 42.6 Å². The zero-order chi connectivity index (χ0) is 25.2. The van der Waals surface area contributed by atoms with Crippen LogP contribution in [0, 0.1) is 13.8 Å². The molecule has 2 aromatic rings. The van der Waals surface area contributed by atoms with Gasteiger partial charge in [-0.2, -0.15) is 4.31 Å². The highest BCUT2D eigenvalue weighted by molar-refractivity contribution is 7.89. The van der Waals surface area contributed by atoms with Gasteiger partial charge in [0.05, 0.1) is 28.8 Å². The van der Waals surface area contributed by atoms with Crippen LogP contribution in [-0.2, 0) is 19.5 Å². The van der Waals surface area contributed by atoms with E-state index in [9.17, 15) is 22.8 Å². The zero-order valence-electron chi connectivity index (χ0n) is 20.0. The van der Waals surface area contributed by atoms with Crippen LogP contribution in [0.1, 0.15) is 75.6 Å². The summed E-state index contributed by atoms with van der Waals surface area (Å²) in [6, 6.07) is 5.43. The lowest BCUT2D eigenvalue weighted by molar-refractivity contribution is 0.0316. The summed E-state index contributed by atoms with van der Waals surface area (Å²) < 4.78 is 37.5. The number of esters is 2. The minimum atomic E-state index is -3.66. The van der Waals surface area contributed by atoms with E-state index < -0.39 is 33.8 Å². The van der Waals surface area contributed by atoms with E-state index in [-0.39, 0.29) is 27.8 Å². The van der Waals surface area contributed by atoms with E-state index in [2.05, 4.69) is 4.98 Å². The van der Waals surface area contributed by atoms with Crippen LogP contribution in [-0.4, -0.2) is 61.2 Å². The second-order valence-electron chi connectivity index (χ2n) is 8.51. The van der Waals surface area contributed by atoms with Crippen LogP contribution in [0.4, 0.5) is 0 Å². The Kier molecular flexibility index (Phi) is 7.62. The van der Waals surface area contributed by atoms with Crippen molar-refractivity contribution in [3.05, 3.63) is 52.3 Å². The maximum atomic E-state index is 13.0. The second-order valence-corrected chi connectivity index (χ2v) is 10.4. The maximum absolute atomic E-state index is 13.0. The molecule has 1 fully saturated rings. The average Bonchev–Trinajstić information content (AvgIpc) is 3.11. The van der Waals surface area contributed by atoms with Crippen molar-refractivity contribution in [2.24, 2.45) is 0 Å². The van der Waals surface area contributed by atoms with Crippen molar-refractivity contribution >= 4 is 27.7 Å². The van der Waals surface area contributed by atoms with Gasteiger partial charge in [0.1, 0.15) is 0 Å². The van der Waals surface area contributed by atoms with Gasteiger partial charge in [-0.15, -0.1) is 0 Å². The molecule has 1 aliphatic heterocycles. The Hall–Kier alpha value is -2.98. The van der Waals surface area contributed by atoms with Gasteiger partial charge in [-0.1, -0.05) is 6.42 Å². The number of benzene rings is 1. The van der Waals surface area contributed by atoms with Crippen molar-refractivity contribution in [3.63, 3.8) is 0 Å². The molecule has 0 spiro atoms. The highest BCUT2D eigenvalue weighted by atomic mass is 32.2. The van der Waals surface area contributed by atoms with Crippen LogP contribution in [0.5, 0.6) is 0 Å². The number of carbonyl (C=O) groups is 3. The molecule has 1 saturated heterocycles. The molecule has 0 aliphatic carbocycles. The first-order valence-electron chi connectivity index (χ1n) is 11.1. The minimum absolute atomic E-state index is 0.0740. The fourth-order valence-electron chi connectivity index (χ4n) is 4.22. The number of rotatable bonds is 7. The Balaban J connectivity index is 1.72. The monoisotopic (exact) mass is 490 g/mol. The summed E-state index contributed by atoms with van der Waals surface area (Å²) in [5, 5.41) is 0. The minimum Gasteiger partial charge on any atom is -0.465 e. The number of hydrogen-bond donors (Lipinski definition) is 1. The molecule has 2 heterocycles. The molecule has 1 aliphatic rings. The van der Waals surface area contributed by atoms with E-state index in [1.807, 2.05) is 6.92 Å². The maximum Gasteiger partial charge on any atom is 0.339 e. The standard InChI is InChI=1S/C24H30N2O7S/c1-14-8-6-7-13-26(14)34(30,31)19-11-9-18(10-12-19)23(28)33-17(4)22(27)21-15(2)20(16(3)25-21)24(29)32-5/h9-12,14,17,25H,6-8,13H2,1-5H3. The summed E-state index contributed by atoms with van der Waals surface area (Å²) in [5.41, 5.74) is 1.45. The number of aromatic amines is 1. The molecule has 1 aromatic carbocycles. The largest absolute Gasteiger partial charge is 0.465 e. The number of methoxy groups -OCH3 is 1. The van der Waals surface area contributed by atoms with Crippen molar-refractivity contribution in [2.45, 2.75) is 64.0 Å². The van der Waals surface area contributed by atoms with Crippen LogP contribution in [0.25, 0.3) is 0 Å². The number of piperidine rings is 1. The Morgan fingerprint density at radius 2 is 1.74 bits per heavy atom. The number of nitrogens with zero attached hydrogens (tertiary/aromatic N) is 1. The Morgan fingerprint density at radius 3 is 2.32 bits per heavy atom. The number of ketones is 1. The van der Waals surface area contributed by atoms with Crippen LogP contribution in [0.3, 0.4) is 0 Å². The van der Waals surface area contributed by atoms with Gasteiger partial charge in [-0.05, 0) is 70.4 Å². The molecule has 9 nitrogen and oxygen atoms in total. The number of aryl methyl sites for hydroxylation is 1. The third kappa shape index (κ3) is 4.92. The molecular formula is C24H30N2O7S. The first-order valence-corrected chi connectivity index (χ1v) is 12.6. The van der Waals surface area contributed by atoms with Crippen LogP contribution >= 0.6 is 0 Å². The van der Waals surface area contributed by atoms with Crippen molar-refractivity contribution in [3.8, 4) is 0 Å². The number of hydrogen-bond acceptors (Lipinski definition) is 7. The fraction of sp³-hybridized carbons (Fsp3) is 0.458. The molecule has 1 N–H and O–H groups in total. The van der Waals surface area contributed by atoms with E-state index in [0.717, 1.165) is 19.3 Å². The summed E-state index contributed by atoms with van der Waals surface area (Å²) in [7, 11) is -2.40. The molecule has 0 amide bonds. The van der Waals surface area contributed by atoms with Crippen LogP contribution in [0.15, 0.2) is 29.2 Å². The molecule has 34 heavy (non-hydrogen) atoms. The van der Waals surface area contributed by atoms with Gasteiger partial charge < -0.3 is 14.5 Å². The summed E-state index contributed by atoms with van der Waals surface area (Å²) in [5.74, 6) is -1.82. The first-order chi connectivity index (χ1) is 16.0. The predicted octanol–water partition coefficient (Wildman–Crippen LogP) is 3.41. The van der Waals surface area contributed by atoms with Crippen LogP contribution in [0.2, 0.25) is 0 Å². The first kappa shape index (κ1) is 25.6. The normalized spacial score (nSPS) is 17.7. The molecule has 3 rings (SSSR count). The Morgan fingerprint density at radius 1 is 1.09 bits per heavy atom. The molecular weight excluding hydrogens is 460 g/mol. The Labute approximate surface area is 199 Å². The average molecular weight is 491 g/mol. The smallest absolute Gasteiger partial charge is 0.339 e. The predicted molar refractivity (Wildman–Crippen MR) is 124 cm³/mol. The summed E-state index contributed by atoms with van der Waals surface area (Å²) in [6.45, 7) is 7.06. The van der Waals surface area contributed by atoms with E-state index in [1.54, 1.807) is 13.8 Å². The third-order valence-electron chi connectivity index (χ3n) is 6.17. The molecule has 2 atom stereocenters. The molecule has 184 valence electrons. The quantitative estimate of drug-likeness (QED) is 0.466. The third-order valence-corrected chi connectivity index (χ3v) is 8.19. The Bertz CT molecular complexity index is 1200. The SMILES string of the molecule is COC(=O)c1c(C)[nH]c(C(=O)C(C)OC(=O)c2ccc(S(=O)(=O)N3CCCCC3C)cc2)c1C. The lowest BCUT2D eigenvalue weighted by Gasteiger charge is -2.32. The van der Waals surface area contributed by atoms with Gasteiger partial charge in [-0.25, -0.2) is 18.0 Å². The molecule has 0 radical (unpaired) electrons. The topological polar surface area (TPSA) is 123 Å². The van der Waals surface area contributed by atoms with Crippen LogP contribution < -0.4 is 0 Å². The van der Waals surface area contributed by atoms with Gasteiger partial charge >= 0.3 is 11.9 Å². The van der Waals surface area contributed by atoms with Crippen molar-refractivity contribution < 1.29 is 32.3 Å². The number of ether oxygens (including phenoxy) is 2. The highest BCUT2D eigenvalue weighted by Gasteiger charge is 2.31. The summed E-state index contributed by atoms with van der Waals surface area (Å²) in [6.07, 6.45) is 1.50. The van der Waals surface area contributed by atoms with Gasteiger partial charge in [0.25, 0.3) is 0 Å². The van der Waals surface area contributed by atoms with Crippen molar-refractivity contribution in [2.75, 3.05) is 13.7 Å². The van der Waals surface area contributed by atoms with E-state index >= 15 is 0 Å². The van der Waals surface area contributed by atoms with Gasteiger partial charge in [0.2, 0.25) is 15.8 Å². The molecule has 10 heteroatoms. The van der Waals surface area contributed by atoms with E-state index in [4.69, 9.17) is 9.47 Å². The molecule has 0 saturated carbocycles. The zero-order valence-corrected chi connectivity index (χ0v) is 20.8. The van der Waals surface area contributed by atoms with Crippen molar-refractivity contribution in [1.29, 1.82) is 0 Å². The summed E-state index contributed by atoms with van der Waals surface area (Å²) >= 11 is 0.